The van der Waals surface area contributed by atoms with Crippen LogP contribution >= 0.6 is 0 Å². The van der Waals surface area contributed by atoms with Crippen LogP contribution < -0.4 is 4.90 Å². The summed E-state index contributed by atoms with van der Waals surface area (Å²) in [6.45, 7) is 6.46. The molecule has 0 saturated heterocycles. The lowest BCUT2D eigenvalue weighted by Crippen LogP contribution is -2.41. The first kappa shape index (κ1) is 13.4. The fourth-order valence-electron chi connectivity index (χ4n) is 1.97. The first-order valence-electron chi connectivity index (χ1n) is 6.53. The number of nitrogens with zero attached hydrogens (tertiary/aromatic N) is 3. The second-order valence-corrected chi connectivity index (χ2v) is 5.39. The van der Waals surface area contributed by atoms with Crippen LogP contribution in [0.1, 0.15) is 32.8 Å². The van der Waals surface area contributed by atoms with Crippen LogP contribution in [0, 0.1) is 11.3 Å². The molecule has 0 saturated carbocycles. The van der Waals surface area contributed by atoms with Gasteiger partial charge < -0.3 is 4.90 Å². The summed E-state index contributed by atoms with van der Waals surface area (Å²) in [7, 11) is 2.00. The fraction of sp³-hybridized carbons (Fsp3) is 0.375. The van der Waals surface area contributed by atoms with Crippen molar-refractivity contribution in [1.82, 2.24) is 4.98 Å². The molecule has 0 bridgehead atoms. The second kappa shape index (κ2) is 4.89. The van der Waals surface area contributed by atoms with Crippen LogP contribution in [-0.2, 0) is 0 Å². The fourth-order valence-corrected chi connectivity index (χ4v) is 1.97. The number of hydrogen-bond acceptors (Lipinski definition) is 3. The van der Waals surface area contributed by atoms with E-state index in [1.807, 2.05) is 37.4 Å². The van der Waals surface area contributed by atoms with E-state index < -0.39 is 0 Å². The molecule has 0 aliphatic carbocycles. The molecule has 0 aliphatic heterocycles. The molecule has 2 aromatic rings. The normalized spacial score (nSPS) is 11.3. The third-order valence-corrected chi connectivity index (χ3v) is 3.92. The molecule has 19 heavy (non-hydrogen) atoms. The third-order valence-electron chi connectivity index (χ3n) is 3.92. The van der Waals surface area contributed by atoms with Gasteiger partial charge in [-0.1, -0.05) is 25.1 Å². The van der Waals surface area contributed by atoms with Crippen molar-refractivity contribution < 1.29 is 0 Å². The Morgan fingerprint density at radius 3 is 2.63 bits per heavy atom. The van der Waals surface area contributed by atoms with Crippen LogP contribution in [0.25, 0.3) is 10.9 Å². The van der Waals surface area contributed by atoms with Crippen molar-refractivity contribution in [3.05, 3.63) is 35.9 Å². The summed E-state index contributed by atoms with van der Waals surface area (Å²) in [5.74, 6) is 0.757. The zero-order valence-electron chi connectivity index (χ0n) is 11.9. The van der Waals surface area contributed by atoms with Crippen molar-refractivity contribution in [1.29, 1.82) is 5.26 Å². The predicted octanol–water partition coefficient (Wildman–Crippen LogP) is 3.73. The van der Waals surface area contributed by atoms with E-state index >= 15 is 0 Å². The number of pyridine rings is 1. The van der Waals surface area contributed by atoms with Crippen molar-refractivity contribution in [2.75, 3.05) is 11.9 Å². The van der Waals surface area contributed by atoms with E-state index in [2.05, 4.69) is 36.7 Å². The number of fused-ring (bicyclic) bond motifs is 1. The van der Waals surface area contributed by atoms with Crippen molar-refractivity contribution in [3.63, 3.8) is 0 Å². The molecular weight excluding hydrogens is 234 g/mol. The Bertz CT molecular complexity index is 638. The minimum Gasteiger partial charge on any atom is -0.353 e. The lowest BCUT2D eigenvalue weighted by atomic mass is 9.99. The summed E-state index contributed by atoms with van der Waals surface area (Å²) in [5, 5.41) is 10.4. The topological polar surface area (TPSA) is 39.9 Å². The Morgan fingerprint density at radius 2 is 2.00 bits per heavy atom. The Balaban J connectivity index is 2.62. The average Bonchev–Trinajstić information content (AvgIpc) is 2.44. The molecule has 0 aliphatic rings. The van der Waals surface area contributed by atoms with Gasteiger partial charge in [0.05, 0.1) is 11.1 Å². The first-order valence-corrected chi connectivity index (χ1v) is 6.53. The summed E-state index contributed by atoms with van der Waals surface area (Å²) in [6, 6.07) is 12.1. The summed E-state index contributed by atoms with van der Waals surface area (Å²) in [6.07, 6.45) is 0.989. The van der Waals surface area contributed by atoms with Gasteiger partial charge in [0.25, 0.3) is 0 Å². The van der Waals surface area contributed by atoms with Gasteiger partial charge in [0.2, 0.25) is 0 Å². The van der Waals surface area contributed by atoms with E-state index in [4.69, 9.17) is 0 Å². The smallest absolute Gasteiger partial charge is 0.147 e. The van der Waals surface area contributed by atoms with E-state index in [0.717, 1.165) is 23.1 Å². The van der Waals surface area contributed by atoms with Gasteiger partial charge in [-0.05, 0) is 32.4 Å². The Morgan fingerprint density at radius 1 is 1.32 bits per heavy atom. The first-order chi connectivity index (χ1) is 8.99. The Kier molecular flexibility index (Phi) is 3.44. The van der Waals surface area contributed by atoms with Gasteiger partial charge in [0, 0.05) is 18.0 Å². The SMILES string of the molecule is CCC(C)(C)N(C)c1nc2ccccc2cc1C#N. The third kappa shape index (κ3) is 2.39. The van der Waals surface area contributed by atoms with Gasteiger partial charge in [0.1, 0.15) is 11.9 Å². The number of anilines is 1. The number of aromatic nitrogens is 1. The van der Waals surface area contributed by atoms with E-state index in [-0.39, 0.29) is 5.54 Å². The zero-order chi connectivity index (χ0) is 14.0. The molecule has 0 radical (unpaired) electrons. The van der Waals surface area contributed by atoms with E-state index in [1.54, 1.807) is 0 Å². The molecule has 3 heteroatoms. The van der Waals surface area contributed by atoms with Crippen LogP contribution in [0.2, 0.25) is 0 Å². The summed E-state index contributed by atoms with van der Waals surface area (Å²) >= 11 is 0. The maximum atomic E-state index is 9.35. The van der Waals surface area contributed by atoms with Gasteiger partial charge in [-0.3, -0.25) is 0 Å². The number of hydrogen-bond donors (Lipinski definition) is 0. The molecule has 1 aromatic carbocycles. The van der Waals surface area contributed by atoms with Gasteiger partial charge in [0.15, 0.2) is 0 Å². The molecule has 1 heterocycles. The zero-order valence-corrected chi connectivity index (χ0v) is 11.9. The molecule has 2 rings (SSSR count). The maximum Gasteiger partial charge on any atom is 0.147 e. The number of nitriles is 1. The minimum atomic E-state index is -0.0267. The van der Waals surface area contributed by atoms with Crippen molar-refractivity contribution in [3.8, 4) is 6.07 Å². The molecular formula is C16H19N3. The standard InChI is InChI=1S/C16H19N3/c1-5-16(2,3)19(4)15-13(11-17)10-12-8-6-7-9-14(12)18-15/h6-10H,5H2,1-4H3. The number of benzene rings is 1. The van der Waals surface area contributed by atoms with E-state index in [9.17, 15) is 5.26 Å². The van der Waals surface area contributed by atoms with Crippen molar-refractivity contribution in [2.45, 2.75) is 32.7 Å². The lowest BCUT2D eigenvalue weighted by molar-refractivity contribution is 0.467. The molecule has 0 fully saturated rings. The highest BCUT2D eigenvalue weighted by Gasteiger charge is 2.24. The van der Waals surface area contributed by atoms with Gasteiger partial charge in [-0.2, -0.15) is 5.26 Å². The second-order valence-electron chi connectivity index (χ2n) is 5.39. The van der Waals surface area contributed by atoms with E-state index in [0.29, 0.717) is 5.56 Å². The number of para-hydroxylation sites is 1. The van der Waals surface area contributed by atoms with Gasteiger partial charge in [-0.15, -0.1) is 0 Å². The number of rotatable bonds is 3. The Hall–Kier alpha value is -2.08. The van der Waals surface area contributed by atoms with Crippen molar-refractivity contribution in [2.24, 2.45) is 0 Å². The predicted molar refractivity (Wildman–Crippen MR) is 79.2 cm³/mol. The van der Waals surface area contributed by atoms with Gasteiger partial charge >= 0.3 is 0 Å². The van der Waals surface area contributed by atoms with E-state index in [1.165, 1.54) is 0 Å². The molecule has 98 valence electrons. The van der Waals surface area contributed by atoms with Crippen LogP contribution in [0.3, 0.4) is 0 Å². The summed E-state index contributed by atoms with van der Waals surface area (Å²) < 4.78 is 0. The van der Waals surface area contributed by atoms with Crippen molar-refractivity contribution >= 4 is 16.7 Å². The molecule has 0 N–H and O–H groups in total. The quantitative estimate of drug-likeness (QED) is 0.836. The van der Waals surface area contributed by atoms with Crippen LogP contribution in [0.4, 0.5) is 5.82 Å². The minimum absolute atomic E-state index is 0.0267. The average molecular weight is 253 g/mol. The van der Waals surface area contributed by atoms with Gasteiger partial charge in [-0.25, -0.2) is 4.98 Å². The molecule has 0 atom stereocenters. The Labute approximate surface area is 114 Å². The van der Waals surface area contributed by atoms with Crippen LogP contribution in [-0.4, -0.2) is 17.6 Å². The highest BCUT2D eigenvalue weighted by molar-refractivity contribution is 5.83. The molecule has 0 spiro atoms. The monoisotopic (exact) mass is 253 g/mol. The highest BCUT2D eigenvalue weighted by Crippen LogP contribution is 2.28. The summed E-state index contributed by atoms with van der Waals surface area (Å²) in [5.41, 5.74) is 1.53. The lowest BCUT2D eigenvalue weighted by Gasteiger charge is -2.36. The summed E-state index contributed by atoms with van der Waals surface area (Å²) in [4.78, 5) is 6.76. The van der Waals surface area contributed by atoms with Crippen LogP contribution in [0.15, 0.2) is 30.3 Å². The van der Waals surface area contributed by atoms with Crippen LogP contribution in [0.5, 0.6) is 0 Å². The maximum absolute atomic E-state index is 9.35. The molecule has 0 amide bonds. The molecule has 3 nitrogen and oxygen atoms in total. The molecule has 1 aromatic heterocycles. The molecule has 0 unspecified atom stereocenters. The highest BCUT2D eigenvalue weighted by atomic mass is 15.2. The largest absolute Gasteiger partial charge is 0.353 e.